The Balaban J connectivity index is 0.000000308. The summed E-state index contributed by atoms with van der Waals surface area (Å²) in [7, 11) is 0. The second kappa shape index (κ2) is 12.4. The van der Waals surface area contributed by atoms with Crippen molar-refractivity contribution in [2.24, 2.45) is 0 Å². The summed E-state index contributed by atoms with van der Waals surface area (Å²) in [4.78, 5) is 0. The monoisotopic (exact) mass is 408 g/mol. The Morgan fingerprint density at radius 3 is 1.62 bits per heavy atom. The van der Waals surface area contributed by atoms with Gasteiger partial charge in [0.25, 0.3) is 0 Å². The quantitative estimate of drug-likeness (QED) is 0.599. The van der Waals surface area contributed by atoms with Crippen molar-refractivity contribution in [3.63, 3.8) is 0 Å². The zero-order chi connectivity index (χ0) is 16.3. The number of aromatic nitrogens is 4. The molecule has 0 aliphatic carbocycles. The van der Waals surface area contributed by atoms with Crippen molar-refractivity contribution in [3.05, 3.63) is 46.0 Å². The van der Waals surface area contributed by atoms with E-state index in [9.17, 15) is 0 Å². The Labute approximate surface area is 152 Å². The molecule has 0 aliphatic heterocycles. The number of hydrogen-bond acceptors (Lipinski definition) is 4. The van der Waals surface area contributed by atoms with Gasteiger partial charge in [-0.15, -0.1) is 21.8 Å². The maximum Gasteiger partial charge on any atom is 0.180 e. The number of rotatable bonds is 1. The van der Waals surface area contributed by atoms with E-state index in [4.69, 9.17) is 69.6 Å². The smallest absolute Gasteiger partial charge is 0.154 e. The molecule has 0 unspecified atom stereocenters. The first-order valence-electron chi connectivity index (χ1n) is 5.27. The van der Waals surface area contributed by atoms with Crippen molar-refractivity contribution in [2.75, 3.05) is 0 Å². The Hall–Kier alpha value is -0.100. The van der Waals surface area contributed by atoms with Gasteiger partial charge in [0.2, 0.25) is 0 Å². The molecule has 0 saturated heterocycles. The SMILES string of the molecule is Cc1ccc(Cl)nn1.ClC(Cl)Cl.ClCc1ccc(Cl)nn1. The molecule has 0 aliphatic rings. The third-order valence-electron chi connectivity index (χ3n) is 1.59. The van der Waals surface area contributed by atoms with Gasteiger partial charge in [-0.05, 0) is 31.2 Å². The van der Waals surface area contributed by atoms with Crippen molar-refractivity contribution in [1.82, 2.24) is 20.4 Å². The van der Waals surface area contributed by atoms with Crippen LogP contribution in [-0.2, 0) is 5.88 Å². The predicted octanol–water partition coefficient (Wildman–Crippen LogP) is 5.29. The van der Waals surface area contributed by atoms with Gasteiger partial charge in [0.1, 0.15) is 0 Å². The second-order valence-electron chi connectivity index (χ2n) is 3.23. The molecule has 0 N–H and O–H groups in total. The first kappa shape index (κ1) is 20.9. The lowest BCUT2D eigenvalue weighted by Gasteiger charge is -1.89. The van der Waals surface area contributed by atoms with Crippen molar-refractivity contribution in [1.29, 1.82) is 0 Å². The molecule has 21 heavy (non-hydrogen) atoms. The van der Waals surface area contributed by atoms with Crippen molar-refractivity contribution in [3.8, 4) is 0 Å². The van der Waals surface area contributed by atoms with Gasteiger partial charge in [-0.25, -0.2) is 0 Å². The Kier molecular flexibility index (Phi) is 12.4. The number of hydrogen-bond donors (Lipinski definition) is 0. The fourth-order valence-corrected chi connectivity index (χ4v) is 1.14. The molecule has 0 radical (unpaired) electrons. The third kappa shape index (κ3) is 13.3. The molecule has 0 spiro atoms. The summed E-state index contributed by atoms with van der Waals surface area (Å²) in [5, 5.41) is 15.4. The highest BCUT2D eigenvalue weighted by Crippen LogP contribution is 2.04. The predicted molar refractivity (Wildman–Crippen MR) is 89.7 cm³/mol. The van der Waals surface area contributed by atoms with Crippen LogP contribution in [-0.4, -0.2) is 24.7 Å². The van der Waals surface area contributed by atoms with E-state index in [-0.39, 0.29) is 0 Å². The second-order valence-corrected chi connectivity index (χ2v) is 6.25. The zero-order valence-electron chi connectivity index (χ0n) is 10.7. The molecule has 2 aromatic heterocycles. The van der Waals surface area contributed by atoms with Crippen LogP contribution < -0.4 is 0 Å². The lowest BCUT2D eigenvalue weighted by molar-refractivity contribution is 0.969. The van der Waals surface area contributed by atoms with Gasteiger partial charge in [0, 0.05) is 0 Å². The first-order valence-corrected chi connectivity index (χ1v) is 7.87. The molecule has 2 aromatic rings. The third-order valence-corrected chi connectivity index (χ3v) is 2.27. The highest BCUT2D eigenvalue weighted by Gasteiger charge is 1.90. The van der Waals surface area contributed by atoms with E-state index in [2.05, 4.69) is 20.4 Å². The average molecular weight is 411 g/mol. The van der Waals surface area contributed by atoms with E-state index < -0.39 is 4.30 Å². The maximum atomic E-state index is 5.45. The lowest BCUT2D eigenvalue weighted by Crippen LogP contribution is -1.87. The zero-order valence-corrected chi connectivity index (χ0v) is 15.2. The molecule has 116 valence electrons. The van der Waals surface area contributed by atoms with Gasteiger partial charge >= 0.3 is 0 Å². The molecule has 0 saturated carbocycles. The van der Waals surface area contributed by atoms with Crippen LogP contribution in [0, 0.1) is 6.92 Å². The molecule has 0 amide bonds. The van der Waals surface area contributed by atoms with Crippen LogP contribution in [0.4, 0.5) is 0 Å². The molecule has 10 heteroatoms. The van der Waals surface area contributed by atoms with Gasteiger partial charge < -0.3 is 0 Å². The van der Waals surface area contributed by atoms with Crippen molar-refractivity contribution in [2.45, 2.75) is 17.1 Å². The van der Waals surface area contributed by atoms with E-state index >= 15 is 0 Å². The van der Waals surface area contributed by atoms with E-state index in [0.717, 1.165) is 11.4 Å². The van der Waals surface area contributed by atoms with Gasteiger partial charge in [-0.3, -0.25) is 0 Å². The summed E-state index contributed by atoms with van der Waals surface area (Å²) >= 11 is 30.7. The highest BCUT2D eigenvalue weighted by molar-refractivity contribution is 6.63. The topological polar surface area (TPSA) is 51.6 Å². The Morgan fingerprint density at radius 2 is 1.33 bits per heavy atom. The molecule has 0 atom stereocenters. The summed E-state index contributed by atoms with van der Waals surface area (Å²) in [6, 6.07) is 6.92. The molecule has 2 heterocycles. The van der Waals surface area contributed by atoms with Crippen molar-refractivity contribution >= 4 is 69.6 Å². The largest absolute Gasteiger partial charge is 0.180 e. The van der Waals surface area contributed by atoms with Crippen LogP contribution in [0.1, 0.15) is 11.4 Å². The molecule has 2 rings (SSSR count). The van der Waals surface area contributed by atoms with Gasteiger partial charge in [0.15, 0.2) is 14.6 Å². The summed E-state index contributed by atoms with van der Waals surface area (Å²) < 4.78 is -0.750. The van der Waals surface area contributed by atoms with Crippen LogP contribution in [0.15, 0.2) is 24.3 Å². The number of alkyl halides is 4. The molecular weight excluding hydrogens is 401 g/mol. The minimum atomic E-state index is -0.750. The van der Waals surface area contributed by atoms with Crippen molar-refractivity contribution < 1.29 is 0 Å². The lowest BCUT2D eigenvalue weighted by atomic mass is 10.4. The average Bonchev–Trinajstić information content (AvgIpc) is 2.43. The van der Waals surface area contributed by atoms with E-state index in [1.165, 1.54) is 0 Å². The fourth-order valence-electron chi connectivity index (χ4n) is 0.798. The molecular formula is C11H10Cl6N4. The minimum absolute atomic E-state index is 0.379. The van der Waals surface area contributed by atoms with Crippen LogP contribution in [0.25, 0.3) is 0 Å². The summed E-state index contributed by atoms with van der Waals surface area (Å²) in [5.41, 5.74) is 1.62. The summed E-state index contributed by atoms with van der Waals surface area (Å²) in [5.74, 6) is 0.379. The van der Waals surface area contributed by atoms with E-state index in [1.807, 2.05) is 13.0 Å². The van der Waals surface area contributed by atoms with Crippen LogP contribution in [0.3, 0.4) is 0 Å². The first-order chi connectivity index (χ1) is 9.85. The van der Waals surface area contributed by atoms with Gasteiger partial charge in [-0.1, -0.05) is 58.0 Å². The Bertz CT molecular complexity index is 467. The highest BCUT2D eigenvalue weighted by atomic mass is 35.6. The standard InChI is InChI=1S/C5H4Cl2N2.C5H5ClN2.CHCl3/c6-3-4-1-2-5(7)9-8-4;1-4-2-3-5(6)8-7-4;2-1(3)4/h1-2H,3H2;2-3H,1H3;1H. The molecule has 0 fully saturated rings. The summed E-state index contributed by atoms with van der Waals surface area (Å²) in [6.07, 6.45) is 0. The number of nitrogens with zero attached hydrogens (tertiary/aromatic N) is 4. The van der Waals surface area contributed by atoms with Crippen LogP contribution >= 0.6 is 69.6 Å². The normalized spacial score (nSPS) is 9.33. The number of halogens is 6. The summed E-state index contributed by atoms with van der Waals surface area (Å²) in [6.45, 7) is 1.86. The van der Waals surface area contributed by atoms with Crippen LogP contribution in [0.2, 0.25) is 10.3 Å². The minimum Gasteiger partial charge on any atom is -0.154 e. The molecule has 4 nitrogen and oxygen atoms in total. The van der Waals surface area contributed by atoms with E-state index in [1.54, 1.807) is 18.2 Å². The van der Waals surface area contributed by atoms with E-state index in [0.29, 0.717) is 16.2 Å². The molecule has 0 bridgehead atoms. The molecule has 0 aromatic carbocycles. The number of aryl methyl sites for hydroxylation is 1. The Morgan fingerprint density at radius 1 is 0.857 bits per heavy atom. The van der Waals surface area contributed by atoms with Gasteiger partial charge in [0.05, 0.1) is 17.3 Å². The maximum absolute atomic E-state index is 5.45. The van der Waals surface area contributed by atoms with Crippen LogP contribution in [0.5, 0.6) is 0 Å². The fraction of sp³-hybridized carbons (Fsp3) is 0.273. The van der Waals surface area contributed by atoms with Gasteiger partial charge in [-0.2, -0.15) is 10.2 Å².